The molecule has 1 aromatic heterocycles. The minimum absolute atomic E-state index is 0.0854. The molecule has 1 saturated carbocycles. The number of ether oxygens (including phenoxy) is 1. The zero-order chi connectivity index (χ0) is 22.6. The number of rotatable bonds is 7. The van der Waals surface area contributed by atoms with E-state index in [1.54, 1.807) is 24.3 Å². The summed E-state index contributed by atoms with van der Waals surface area (Å²) in [7, 11) is -1.57. The standard InChI is InChI=1S/C23H31FN4O3S/c1-27(17-18-3-2-4-19(24)15-18)21-7-5-20(6-8-21)26-32(29,30)22-9-10-23(25-16-22)28-11-13-31-14-12-28/h2-4,9-10,15-16,20-21,26H,5-8,11-14,17H2,1H3. The highest BCUT2D eigenvalue weighted by molar-refractivity contribution is 7.89. The SMILES string of the molecule is CN(Cc1cccc(F)c1)C1CCC(NS(=O)(=O)c2ccc(N3CCOCC3)nc2)CC1. The van der Waals surface area contributed by atoms with Crippen molar-refractivity contribution in [2.45, 2.75) is 49.2 Å². The molecule has 0 bridgehead atoms. The van der Waals surface area contributed by atoms with Gasteiger partial charge in [-0.2, -0.15) is 0 Å². The fourth-order valence-electron chi connectivity index (χ4n) is 4.49. The second-order valence-corrected chi connectivity index (χ2v) is 10.3. The van der Waals surface area contributed by atoms with Crippen LogP contribution < -0.4 is 9.62 Å². The summed E-state index contributed by atoms with van der Waals surface area (Å²) in [5, 5.41) is 0. The summed E-state index contributed by atoms with van der Waals surface area (Å²) in [4.78, 5) is 8.88. The van der Waals surface area contributed by atoms with Crippen LogP contribution in [0.1, 0.15) is 31.2 Å². The maximum absolute atomic E-state index is 13.4. The second-order valence-electron chi connectivity index (χ2n) is 8.62. The van der Waals surface area contributed by atoms with Crippen LogP contribution >= 0.6 is 0 Å². The molecule has 9 heteroatoms. The molecule has 2 aliphatic rings. The van der Waals surface area contributed by atoms with Crippen molar-refractivity contribution in [3.05, 3.63) is 54.0 Å². The lowest BCUT2D eigenvalue weighted by atomic mass is 9.91. The highest BCUT2D eigenvalue weighted by atomic mass is 32.2. The largest absolute Gasteiger partial charge is 0.378 e. The van der Waals surface area contributed by atoms with E-state index in [9.17, 15) is 12.8 Å². The van der Waals surface area contributed by atoms with Crippen LogP contribution in [0.25, 0.3) is 0 Å². The molecule has 0 atom stereocenters. The monoisotopic (exact) mass is 462 g/mol. The predicted octanol–water partition coefficient (Wildman–Crippen LogP) is 2.78. The van der Waals surface area contributed by atoms with Crippen LogP contribution in [0.4, 0.5) is 10.2 Å². The van der Waals surface area contributed by atoms with Crippen LogP contribution in [-0.4, -0.2) is 63.7 Å². The number of benzene rings is 1. The minimum atomic E-state index is -3.61. The van der Waals surface area contributed by atoms with E-state index in [0.29, 0.717) is 25.8 Å². The first-order chi connectivity index (χ1) is 15.4. The fourth-order valence-corrected chi connectivity index (χ4v) is 5.73. The third kappa shape index (κ3) is 5.83. The Morgan fingerprint density at radius 3 is 2.56 bits per heavy atom. The topological polar surface area (TPSA) is 74.8 Å². The van der Waals surface area contributed by atoms with E-state index in [1.165, 1.54) is 12.3 Å². The lowest BCUT2D eigenvalue weighted by Gasteiger charge is -2.35. The summed E-state index contributed by atoms with van der Waals surface area (Å²) in [5.41, 5.74) is 0.948. The van der Waals surface area contributed by atoms with Crippen LogP contribution in [-0.2, 0) is 21.3 Å². The molecule has 1 aromatic carbocycles. The van der Waals surface area contributed by atoms with Crippen molar-refractivity contribution in [2.75, 3.05) is 38.3 Å². The smallest absolute Gasteiger partial charge is 0.242 e. The average Bonchev–Trinajstić information content (AvgIpc) is 2.80. The number of halogens is 1. The van der Waals surface area contributed by atoms with Gasteiger partial charge < -0.3 is 9.64 Å². The van der Waals surface area contributed by atoms with Crippen molar-refractivity contribution in [2.24, 2.45) is 0 Å². The number of morpholine rings is 1. The molecule has 0 spiro atoms. The molecular formula is C23H31FN4O3S. The van der Waals surface area contributed by atoms with Gasteiger partial charge in [-0.05, 0) is 62.6 Å². The first-order valence-corrected chi connectivity index (χ1v) is 12.6. The molecule has 4 rings (SSSR count). The van der Waals surface area contributed by atoms with E-state index >= 15 is 0 Å². The molecule has 2 heterocycles. The third-order valence-corrected chi connectivity index (χ3v) is 7.83. The van der Waals surface area contributed by atoms with Crippen LogP contribution in [0.5, 0.6) is 0 Å². The summed E-state index contributed by atoms with van der Waals surface area (Å²) in [6.07, 6.45) is 4.78. The molecule has 1 saturated heterocycles. The van der Waals surface area contributed by atoms with E-state index in [4.69, 9.17) is 4.74 Å². The van der Waals surface area contributed by atoms with E-state index < -0.39 is 10.0 Å². The Kier molecular flexibility index (Phi) is 7.40. The van der Waals surface area contributed by atoms with Crippen molar-refractivity contribution >= 4 is 15.8 Å². The number of aromatic nitrogens is 1. The molecule has 0 unspecified atom stereocenters. The molecule has 1 aliphatic heterocycles. The van der Waals surface area contributed by atoms with Gasteiger partial charge in [0.05, 0.1) is 13.2 Å². The van der Waals surface area contributed by atoms with E-state index in [-0.39, 0.29) is 16.8 Å². The number of anilines is 1. The van der Waals surface area contributed by atoms with Crippen LogP contribution in [0.15, 0.2) is 47.5 Å². The highest BCUT2D eigenvalue weighted by Crippen LogP contribution is 2.25. The number of pyridine rings is 1. The summed E-state index contributed by atoms with van der Waals surface area (Å²) >= 11 is 0. The van der Waals surface area contributed by atoms with Gasteiger partial charge in [0, 0.05) is 37.9 Å². The van der Waals surface area contributed by atoms with Crippen molar-refractivity contribution in [3.8, 4) is 0 Å². The van der Waals surface area contributed by atoms with Crippen LogP contribution in [0.3, 0.4) is 0 Å². The second kappa shape index (κ2) is 10.2. The van der Waals surface area contributed by atoms with Crippen molar-refractivity contribution in [1.29, 1.82) is 0 Å². The lowest BCUT2D eigenvalue weighted by molar-refractivity contribution is 0.122. The molecule has 2 aromatic rings. The van der Waals surface area contributed by atoms with Crippen molar-refractivity contribution < 1.29 is 17.5 Å². The van der Waals surface area contributed by atoms with Gasteiger partial charge >= 0.3 is 0 Å². The Balaban J connectivity index is 1.29. The van der Waals surface area contributed by atoms with Crippen molar-refractivity contribution in [1.82, 2.24) is 14.6 Å². The van der Waals surface area contributed by atoms with Crippen LogP contribution in [0.2, 0.25) is 0 Å². The number of sulfonamides is 1. The molecule has 174 valence electrons. The van der Waals surface area contributed by atoms with Crippen molar-refractivity contribution in [3.63, 3.8) is 0 Å². The van der Waals surface area contributed by atoms with E-state index in [2.05, 4.69) is 19.5 Å². The van der Waals surface area contributed by atoms with Gasteiger partial charge in [0.2, 0.25) is 10.0 Å². The molecule has 7 nitrogen and oxygen atoms in total. The van der Waals surface area contributed by atoms with Gasteiger partial charge in [0.15, 0.2) is 0 Å². The first-order valence-electron chi connectivity index (χ1n) is 11.2. The van der Waals surface area contributed by atoms with Gasteiger partial charge in [-0.25, -0.2) is 22.5 Å². The first kappa shape index (κ1) is 23.1. The van der Waals surface area contributed by atoms with Gasteiger partial charge in [0.1, 0.15) is 16.5 Å². The Morgan fingerprint density at radius 2 is 1.91 bits per heavy atom. The van der Waals surface area contributed by atoms with E-state index in [0.717, 1.165) is 50.2 Å². The maximum atomic E-state index is 13.4. The molecule has 1 aliphatic carbocycles. The third-order valence-electron chi connectivity index (χ3n) is 6.33. The zero-order valence-electron chi connectivity index (χ0n) is 18.4. The summed E-state index contributed by atoms with van der Waals surface area (Å²) in [5.74, 6) is 0.551. The van der Waals surface area contributed by atoms with Gasteiger partial charge in [-0.15, -0.1) is 0 Å². The normalized spacial score (nSPS) is 22.3. The Morgan fingerprint density at radius 1 is 1.16 bits per heavy atom. The van der Waals surface area contributed by atoms with Gasteiger partial charge in [0.25, 0.3) is 0 Å². The summed E-state index contributed by atoms with van der Waals surface area (Å²) in [6.45, 7) is 3.51. The van der Waals surface area contributed by atoms with Gasteiger partial charge in [-0.1, -0.05) is 12.1 Å². The van der Waals surface area contributed by atoms with E-state index in [1.807, 2.05) is 13.1 Å². The Labute approximate surface area is 189 Å². The maximum Gasteiger partial charge on any atom is 0.242 e. The predicted molar refractivity (Wildman–Crippen MR) is 122 cm³/mol. The highest BCUT2D eigenvalue weighted by Gasteiger charge is 2.28. The quantitative estimate of drug-likeness (QED) is 0.682. The Bertz CT molecular complexity index is 989. The molecule has 0 radical (unpaired) electrons. The molecular weight excluding hydrogens is 431 g/mol. The molecule has 1 N–H and O–H groups in total. The van der Waals surface area contributed by atoms with Gasteiger partial charge in [-0.3, -0.25) is 4.90 Å². The minimum Gasteiger partial charge on any atom is -0.378 e. The summed E-state index contributed by atoms with van der Waals surface area (Å²) in [6, 6.07) is 10.3. The summed E-state index contributed by atoms with van der Waals surface area (Å²) < 4.78 is 47.3. The number of nitrogens with zero attached hydrogens (tertiary/aromatic N) is 3. The zero-order valence-corrected chi connectivity index (χ0v) is 19.2. The number of hydrogen-bond donors (Lipinski definition) is 1. The lowest BCUT2D eigenvalue weighted by Crippen LogP contribution is -2.42. The molecule has 32 heavy (non-hydrogen) atoms. The van der Waals surface area contributed by atoms with Crippen LogP contribution in [0, 0.1) is 5.82 Å². The average molecular weight is 463 g/mol. The molecule has 2 fully saturated rings. The number of nitrogens with one attached hydrogen (secondary N) is 1. The molecule has 0 amide bonds. The fraction of sp³-hybridized carbons (Fsp3) is 0.522. The number of hydrogen-bond acceptors (Lipinski definition) is 6. The Hall–Kier alpha value is -2.07.